The minimum absolute atomic E-state index is 0.121. The van der Waals surface area contributed by atoms with E-state index in [0.717, 1.165) is 33.3 Å². The monoisotopic (exact) mass is 674 g/mol. The standard InChI is InChI=1S/C32H38N2O14/c1-16(35)41-13-22-6-7-23-24(30(40)34-12-21-8-10-33-11-9-21)14-43-31(26(22)23)48-32-29(46-20(5)39)28(45-19(4)38)27(44-18(3)37)25(47-32)15-42-17(2)36/h6,8-11,14,23,25-29,31-32H,7,12-13,15H2,1-5H3,(H,34,40)/t23-,25-,26-,27-,28+,29-,31+,32+/m1/s1. The summed E-state index contributed by atoms with van der Waals surface area (Å²) in [6.45, 7) is 5.40. The van der Waals surface area contributed by atoms with Crippen molar-refractivity contribution in [2.75, 3.05) is 13.2 Å². The molecule has 0 unspecified atom stereocenters. The van der Waals surface area contributed by atoms with Gasteiger partial charge in [0.1, 0.15) is 19.3 Å². The molecule has 8 atom stereocenters. The summed E-state index contributed by atoms with van der Waals surface area (Å²) in [5.41, 5.74) is 1.74. The molecule has 48 heavy (non-hydrogen) atoms. The zero-order valence-electron chi connectivity index (χ0n) is 27.1. The summed E-state index contributed by atoms with van der Waals surface area (Å²) in [5, 5.41) is 2.87. The van der Waals surface area contributed by atoms with Crippen LogP contribution >= 0.6 is 0 Å². The molecule has 1 aromatic rings. The Hall–Kier alpha value is -4.83. The van der Waals surface area contributed by atoms with Gasteiger partial charge in [0.2, 0.25) is 12.6 Å². The van der Waals surface area contributed by atoms with Crippen molar-refractivity contribution >= 4 is 35.8 Å². The number of hydrogen-bond donors (Lipinski definition) is 1. The Labute approximate surface area is 276 Å². The van der Waals surface area contributed by atoms with Crippen LogP contribution in [0.5, 0.6) is 0 Å². The van der Waals surface area contributed by atoms with Crippen LogP contribution in [-0.4, -0.2) is 90.9 Å². The molecule has 1 amide bonds. The van der Waals surface area contributed by atoms with Crippen molar-refractivity contribution in [3.05, 3.63) is 53.6 Å². The number of nitrogens with zero attached hydrogens (tertiary/aromatic N) is 1. The molecule has 16 heteroatoms. The fourth-order valence-electron chi connectivity index (χ4n) is 5.71. The third kappa shape index (κ3) is 9.38. The lowest BCUT2D eigenvalue weighted by Gasteiger charge is -2.45. The highest BCUT2D eigenvalue weighted by molar-refractivity contribution is 5.94. The van der Waals surface area contributed by atoms with Gasteiger partial charge < -0.3 is 43.2 Å². The van der Waals surface area contributed by atoms with E-state index in [1.165, 1.54) is 13.2 Å². The van der Waals surface area contributed by atoms with Crippen LogP contribution in [0.3, 0.4) is 0 Å². The second kappa shape index (κ2) is 16.3. The average Bonchev–Trinajstić information content (AvgIpc) is 3.45. The Morgan fingerprint density at radius 3 is 2.06 bits per heavy atom. The van der Waals surface area contributed by atoms with Crippen LogP contribution in [0.25, 0.3) is 0 Å². The highest BCUT2D eigenvalue weighted by atomic mass is 16.8. The van der Waals surface area contributed by atoms with Gasteiger partial charge in [-0.3, -0.25) is 33.8 Å². The fourth-order valence-corrected chi connectivity index (χ4v) is 5.71. The molecule has 260 valence electrons. The molecule has 1 fully saturated rings. The number of ether oxygens (including phenoxy) is 8. The van der Waals surface area contributed by atoms with Gasteiger partial charge in [-0.2, -0.15) is 0 Å². The van der Waals surface area contributed by atoms with Crippen molar-refractivity contribution in [2.45, 2.75) is 84.6 Å². The largest absolute Gasteiger partial charge is 0.471 e. The smallest absolute Gasteiger partial charge is 0.303 e. The number of rotatable bonds is 12. The van der Waals surface area contributed by atoms with E-state index in [9.17, 15) is 28.8 Å². The number of aromatic nitrogens is 1. The molecule has 3 heterocycles. The van der Waals surface area contributed by atoms with Crippen LogP contribution in [0, 0.1) is 11.8 Å². The van der Waals surface area contributed by atoms with Crippen LogP contribution < -0.4 is 5.32 Å². The number of hydrogen-bond acceptors (Lipinski definition) is 15. The van der Waals surface area contributed by atoms with Gasteiger partial charge >= 0.3 is 29.8 Å². The van der Waals surface area contributed by atoms with Gasteiger partial charge in [0.25, 0.3) is 5.91 Å². The SMILES string of the molecule is CC(=O)OCC1=CC[C@@H]2C(C(=O)NCc3ccncc3)=CO[C@@H](O[C@@H]3O[C@H](COC(C)=O)[C@@H](OC(C)=O)[C@H](OC(C)=O)[C@H]3OC(C)=O)[C@H]12. The lowest BCUT2D eigenvalue weighted by Crippen LogP contribution is -2.63. The molecule has 1 aliphatic carbocycles. The lowest BCUT2D eigenvalue weighted by molar-refractivity contribution is -0.342. The molecule has 4 rings (SSSR count). The summed E-state index contributed by atoms with van der Waals surface area (Å²) in [5.74, 6) is -5.16. The molecule has 3 aliphatic rings. The predicted octanol–water partition coefficient (Wildman–Crippen LogP) is 1.16. The summed E-state index contributed by atoms with van der Waals surface area (Å²) in [6, 6.07) is 3.53. The van der Waals surface area contributed by atoms with Gasteiger partial charge in [0, 0.05) is 59.5 Å². The minimum Gasteiger partial charge on any atom is -0.471 e. The van der Waals surface area contributed by atoms with Gasteiger partial charge in [-0.25, -0.2) is 0 Å². The van der Waals surface area contributed by atoms with E-state index in [1.807, 2.05) is 6.08 Å². The highest BCUT2D eigenvalue weighted by Gasteiger charge is 2.55. The maximum Gasteiger partial charge on any atom is 0.303 e. The molecule has 2 aliphatic heterocycles. The Morgan fingerprint density at radius 2 is 1.44 bits per heavy atom. The van der Waals surface area contributed by atoms with E-state index in [0.29, 0.717) is 17.6 Å². The Bertz CT molecular complexity index is 1440. The van der Waals surface area contributed by atoms with E-state index < -0.39 is 91.2 Å². The first-order chi connectivity index (χ1) is 22.8. The molecule has 1 N–H and O–H groups in total. The summed E-state index contributed by atoms with van der Waals surface area (Å²) >= 11 is 0. The van der Waals surface area contributed by atoms with Crippen molar-refractivity contribution < 1.29 is 66.7 Å². The van der Waals surface area contributed by atoms with Crippen LogP contribution in [0.2, 0.25) is 0 Å². The molecule has 0 bridgehead atoms. The quantitative estimate of drug-likeness (QED) is 0.188. The van der Waals surface area contributed by atoms with Crippen molar-refractivity contribution in [3.8, 4) is 0 Å². The molecular weight excluding hydrogens is 636 g/mol. The number of fused-ring (bicyclic) bond motifs is 1. The topological polar surface area (TPSA) is 201 Å². The van der Waals surface area contributed by atoms with Crippen molar-refractivity contribution in [2.24, 2.45) is 11.8 Å². The van der Waals surface area contributed by atoms with E-state index in [-0.39, 0.29) is 13.2 Å². The molecule has 16 nitrogen and oxygen atoms in total. The van der Waals surface area contributed by atoms with Gasteiger partial charge in [-0.15, -0.1) is 0 Å². The third-order valence-corrected chi connectivity index (χ3v) is 7.64. The first kappa shape index (κ1) is 36.0. The predicted molar refractivity (Wildman–Crippen MR) is 158 cm³/mol. The summed E-state index contributed by atoms with van der Waals surface area (Å²) in [7, 11) is 0. The Balaban J connectivity index is 1.66. The van der Waals surface area contributed by atoms with E-state index in [2.05, 4.69) is 10.3 Å². The van der Waals surface area contributed by atoms with Gasteiger partial charge in [-0.1, -0.05) is 6.08 Å². The van der Waals surface area contributed by atoms with Crippen LogP contribution in [0.15, 0.2) is 48.0 Å². The number of esters is 5. The average molecular weight is 675 g/mol. The third-order valence-electron chi connectivity index (χ3n) is 7.64. The van der Waals surface area contributed by atoms with Crippen molar-refractivity contribution in [3.63, 3.8) is 0 Å². The van der Waals surface area contributed by atoms with E-state index in [1.54, 1.807) is 24.5 Å². The van der Waals surface area contributed by atoms with Gasteiger partial charge in [0.05, 0.1) is 17.8 Å². The fraction of sp³-hybridized carbons (Fsp3) is 0.531. The molecule has 0 aromatic carbocycles. The summed E-state index contributed by atoms with van der Waals surface area (Å²) < 4.78 is 45.2. The van der Waals surface area contributed by atoms with E-state index >= 15 is 0 Å². The molecule has 0 radical (unpaired) electrons. The zero-order valence-corrected chi connectivity index (χ0v) is 27.1. The van der Waals surface area contributed by atoms with Crippen molar-refractivity contribution in [1.82, 2.24) is 10.3 Å². The number of carbonyl (C=O) groups excluding carboxylic acids is 6. The van der Waals surface area contributed by atoms with Gasteiger partial charge in [0.15, 0.2) is 18.3 Å². The van der Waals surface area contributed by atoms with Crippen LogP contribution in [-0.2, 0) is 73.2 Å². The summed E-state index contributed by atoms with van der Waals surface area (Å²) in [6.07, 6.45) is -1.66. The molecule has 0 spiro atoms. The first-order valence-corrected chi connectivity index (χ1v) is 15.1. The lowest BCUT2D eigenvalue weighted by atomic mass is 9.83. The Kier molecular flexibility index (Phi) is 12.2. The number of pyridine rings is 1. The molecule has 1 saturated heterocycles. The van der Waals surface area contributed by atoms with Crippen LogP contribution in [0.4, 0.5) is 0 Å². The second-order valence-electron chi connectivity index (χ2n) is 11.2. The zero-order chi connectivity index (χ0) is 35.0. The Morgan fingerprint density at radius 1 is 0.812 bits per heavy atom. The molecular formula is C32H38N2O14. The first-order valence-electron chi connectivity index (χ1n) is 15.1. The minimum atomic E-state index is -1.54. The van der Waals surface area contributed by atoms with Crippen LogP contribution in [0.1, 0.15) is 46.6 Å². The number of allylic oxidation sites excluding steroid dienone is 1. The number of carbonyl (C=O) groups is 6. The maximum absolute atomic E-state index is 13.4. The van der Waals surface area contributed by atoms with Crippen molar-refractivity contribution in [1.29, 1.82) is 0 Å². The molecule has 1 aromatic heterocycles. The highest BCUT2D eigenvalue weighted by Crippen LogP contribution is 2.45. The van der Waals surface area contributed by atoms with Gasteiger partial charge in [-0.05, 0) is 29.7 Å². The number of nitrogens with one attached hydrogen (secondary N) is 1. The second-order valence-corrected chi connectivity index (χ2v) is 11.2. The maximum atomic E-state index is 13.4. The summed E-state index contributed by atoms with van der Waals surface area (Å²) in [4.78, 5) is 77.3. The molecule has 0 saturated carbocycles. The normalized spacial score (nSPS) is 27.5. The number of amides is 1. The van der Waals surface area contributed by atoms with E-state index in [4.69, 9.17) is 37.9 Å².